The number of fused-ring (bicyclic) bond motifs is 1. The summed E-state index contributed by atoms with van der Waals surface area (Å²) in [5.74, 6) is 0. The van der Waals surface area contributed by atoms with Crippen LogP contribution in [0.1, 0.15) is 66.5 Å². The lowest BCUT2D eigenvalue weighted by molar-refractivity contribution is 0.570. The Hall–Kier alpha value is -1.30. The van der Waals surface area contributed by atoms with Crippen molar-refractivity contribution >= 4 is 10.8 Å². The lowest BCUT2D eigenvalue weighted by atomic mass is 9.75. The standard InChI is InChI=1S/C20H28/c1-13-9-10-15-16(11-13)14(2)17(19(3,4)5)12-18(15)20(6,7)8/h9-12H,1-8H3/i9D,11D. The topological polar surface area (TPSA) is 0 Å². The molecular weight excluding hydrogens is 240 g/mol. The molecule has 2 aromatic rings. The van der Waals surface area contributed by atoms with Gasteiger partial charge in [-0.2, -0.15) is 0 Å². The Balaban J connectivity index is 3.10. The van der Waals surface area contributed by atoms with Gasteiger partial charge < -0.3 is 0 Å². The highest BCUT2D eigenvalue weighted by Gasteiger charge is 2.24. The molecule has 0 bridgehead atoms. The van der Waals surface area contributed by atoms with Crippen LogP contribution in [0, 0.1) is 13.8 Å². The Labute approximate surface area is 127 Å². The molecule has 0 saturated carbocycles. The Morgan fingerprint density at radius 1 is 0.850 bits per heavy atom. The van der Waals surface area contributed by atoms with Gasteiger partial charge in [0.1, 0.15) is 0 Å². The minimum Gasteiger partial charge on any atom is -0.0587 e. The van der Waals surface area contributed by atoms with Gasteiger partial charge >= 0.3 is 0 Å². The number of hydrogen-bond acceptors (Lipinski definition) is 0. The normalized spacial score (nSPS) is 14.4. The number of hydrogen-bond donors (Lipinski definition) is 0. The predicted molar refractivity (Wildman–Crippen MR) is 90.8 cm³/mol. The molecule has 0 aromatic heterocycles. The van der Waals surface area contributed by atoms with Crippen LogP contribution >= 0.6 is 0 Å². The molecule has 0 aliphatic heterocycles. The Kier molecular flexibility index (Phi) is 2.87. The second kappa shape index (κ2) is 4.62. The van der Waals surface area contributed by atoms with Gasteiger partial charge in [0.2, 0.25) is 0 Å². The average molecular weight is 270 g/mol. The first kappa shape index (κ1) is 12.4. The zero-order valence-corrected chi connectivity index (χ0v) is 14.2. The maximum absolute atomic E-state index is 8.55. The van der Waals surface area contributed by atoms with Crippen LogP contribution in [-0.4, -0.2) is 0 Å². The maximum atomic E-state index is 8.55. The van der Waals surface area contributed by atoms with Crippen molar-refractivity contribution in [3.63, 3.8) is 0 Å². The van der Waals surface area contributed by atoms with Gasteiger partial charge in [-0.15, -0.1) is 0 Å². The van der Waals surface area contributed by atoms with Crippen LogP contribution in [0.5, 0.6) is 0 Å². The first-order valence-corrected chi connectivity index (χ1v) is 7.40. The molecule has 0 unspecified atom stereocenters. The van der Waals surface area contributed by atoms with Crippen molar-refractivity contribution in [2.75, 3.05) is 0 Å². The molecule has 0 nitrogen and oxygen atoms in total. The number of benzene rings is 2. The lowest BCUT2D eigenvalue weighted by Gasteiger charge is -2.29. The van der Waals surface area contributed by atoms with Crippen molar-refractivity contribution in [2.45, 2.75) is 66.2 Å². The Morgan fingerprint density at radius 2 is 1.40 bits per heavy atom. The quantitative estimate of drug-likeness (QED) is 0.546. The molecule has 2 rings (SSSR count). The minimum absolute atomic E-state index is 0.0138. The fourth-order valence-electron chi connectivity index (χ4n) is 2.92. The summed E-state index contributed by atoms with van der Waals surface area (Å²) >= 11 is 0. The third-order valence-corrected chi connectivity index (χ3v) is 3.99. The molecule has 0 aliphatic carbocycles. The van der Waals surface area contributed by atoms with E-state index in [1.807, 2.05) is 13.0 Å². The summed E-state index contributed by atoms with van der Waals surface area (Å²) in [4.78, 5) is 0. The van der Waals surface area contributed by atoms with Gasteiger partial charge in [-0.3, -0.25) is 0 Å². The van der Waals surface area contributed by atoms with E-state index in [0.717, 1.165) is 16.3 Å². The minimum atomic E-state index is -0.0138. The van der Waals surface area contributed by atoms with E-state index in [1.165, 1.54) is 16.7 Å². The monoisotopic (exact) mass is 270 g/mol. The van der Waals surface area contributed by atoms with Gasteiger partial charge in [-0.1, -0.05) is 71.3 Å². The highest BCUT2D eigenvalue weighted by molar-refractivity contribution is 5.91. The number of rotatable bonds is 0. The maximum Gasteiger partial charge on any atom is 0.0632 e. The molecule has 0 spiro atoms. The summed E-state index contributed by atoms with van der Waals surface area (Å²) < 4.78 is 16.7. The summed E-state index contributed by atoms with van der Waals surface area (Å²) in [5.41, 5.74) is 4.51. The molecule has 0 N–H and O–H groups in total. The SMILES string of the molecule is [2H]c1cc2c(C(C)(C)C)cc(C(C)(C)C)c(C)c2c([2H])c1C. The molecule has 0 aliphatic rings. The van der Waals surface area contributed by atoms with E-state index < -0.39 is 0 Å². The van der Waals surface area contributed by atoms with Crippen molar-refractivity contribution in [1.29, 1.82) is 0 Å². The van der Waals surface area contributed by atoms with Crippen LogP contribution in [0.2, 0.25) is 0 Å². The van der Waals surface area contributed by atoms with Crippen LogP contribution in [0.3, 0.4) is 0 Å². The summed E-state index contributed by atoms with van der Waals surface area (Å²) in [6.45, 7) is 17.3. The molecule has 0 saturated heterocycles. The molecule has 0 heteroatoms. The third kappa shape index (κ3) is 2.61. The zero-order valence-electron chi connectivity index (χ0n) is 16.2. The second-order valence-corrected chi connectivity index (χ2v) is 7.92. The van der Waals surface area contributed by atoms with Crippen LogP contribution in [0.25, 0.3) is 10.8 Å². The van der Waals surface area contributed by atoms with Gasteiger partial charge in [0.25, 0.3) is 0 Å². The van der Waals surface area contributed by atoms with Crippen LogP contribution < -0.4 is 0 Å². The van der Waals surface area contributed by atoms with Crippen molar-refractivity contribution in [3.05, 3.63) is 46.5 Å². The van der Waals surface area contributed by atoms with Crippen molar-refractivity contribution in [1.82, 2.24) is 0 Å². The summed E-state index contributed by atoms with van der Waals surface area (Å²) in [5, 5.41) is 2.09. The Bertz CT molecular complexity index is 741. The molecular formula is C20H28. The fourth-order valence-corrected chi connectivity index (χ4v) is 2.92. The molecule has 108 valence electrons. The largest absolute Gasteiger partial charge is 0.0632 e. The van der Waals surface area contributed by atoms with E-state index in [2.05, 4.69) is 54.5 Å². The van der Waals surface area contributed by atoms with Gasteiger partial charge in [0, 0.05) is 0 Å². The molecule has 0 amide bonds. The van der Waals surface area contributed by atoms with Gasteiger partial charge in [-0.05, 0) is 52.1 Å². The molecule has 0 radical (unpaired) electrons. The van der Waals surface area contributed by atoms with Crippen molar-refractivity contribution in [3.8, 4) is 0 Å². The average Bonchev–Trinajstić information content (AvgIpc) is 2.32. The summed E-state index contributed by atoms with van der Waals surface area (Å²) in [6, 6.07) is 5.22. The highest BCUT2D eigenvalue weighted by atomic mass is 14.3. The van der Waals surface area contributed by atoms with E-state index in [0.29, 0.717) is 12.1 Å². The molecule has 0 fully saturated rings. The van der Waals surface area contributed by atoms with E-state index >= 15 is 0 Å². The first-order valence-electron chi connectivity index (χ1n) is 8.40. The van der Waals surface area contributed by atoms with Gasteiger partial charge in [0.15, 0.2) is 0 Å². The Morgan fingerprint density at radius 3 is 1.90 bits per heavy atom. The molecule has 0 heterocycles. The fraction of sp³-hybridized carbons (Fsp3) is 0.500. The predicted octanol–water partition coefficient (Wildman–Crippen LogP) is 6.05. The molecule has 2 aromatic carbocycles. The van der Waals surface area contributed by atoms with Crippen molar-refractivity contribution in [2.24, 2.45) is 0 Å². The lowest BCUT2D eigenvalue weighted by Crippen LogP contribution is -2.18. The first-order chi connectivity index (χ1) is 9.85. The van der Waals surface area contributed by atoms with Crippen LogP contribution in [0.4, 0.5) is 0 Å². The smallest absolute Gasteiger partial charge is 0.0587 e. The van der Waals surface area contributed by atoms with E-state index in [4.69, 9.17) is 2.74 Å². The summed E-state index contributed by atoms with van der Waals surface area (Å²) in [7, 11) is 0. The zero-order chi connectivity index (χ0) is 17.0. The van der Waals surface area contributed by atoms with E-state index in [-0.39, 0.29) is 10.8 Å². The van der Waals surface area contributed by atoms with Gasteiger partial charge in [0.05, 0.1) is 2.74 Å². The molecule has 20 heavy (non-hydrogen) atoms. The van der Waals surface area contributed by atoms with E-state index in [1.54, 1.807) is 0 Å². The van der Waals surface area contributed by atoms with Crippen LogP contribution in [-0.2, 0) is 10.8 Å². The summed E-state index contributed by atoms with van der Waals surface area (Å²) in [6.07, 6.45) is 0. The second-order valence-electron chi connectivity index (χ2n) is 7.92. The third-order valence-electron chi connectivity index (χ3n) is 3.99. The van der Waals surface area contributed by atoms with E-state index in [9.17, 15) is 0 Å². The highest BCUT2D eigenvalue weighted by Crippen LogP contribution is 2.38. The van der Waals surface area contributed by atoms with Crippen LogP contribution in [0.15, 0.2) is 24.2 Å². The van der Waals surface area contributed by atoms with Crippen molar-refractivity contribution < 1.29 is 2.74 Å². The number of aryl methyl sites for hydroxylation is 1. The molecule has 0 atom stereocenters. The van der Waals surface area contributed by atoms with Gasteiger partial charge in [-0.25, -0.2) is 0 Å².